The molecule has 5 radical (unpaired) electrons. The van der Waals surface area contributed by atoms with E-state index in [-0.39, 0.29) is 76.9 Å². The summed E-state index contributed by atoms with van der Waals surface area (Å²) in [5, 5.41) is 0. The van der Waals surface area contributed by atoms with Crippen LogP contribution in [0.3, 0.4) is 0 Å². The Labute approximate surface area is 76.0 Å². The average molecular weight is 298 g/mol. The van der Waals surface area contributed by atoms with Crippen molar-refractivity contribution in [2.75, 3.05) is 0 Å². The standard InChI is InChI=1S/Mn.Ni.Sn.Zn. The van der Waals surface area contributed by atoms with Gasteiger partial charge in [-0.3, -0.25) is 0 Å². The Morgan fingerprint density at radius 3 is 1.00 bits per heavy atom. The van der Waals surface area contributed by atoms with Crippen LogP contribution in [0.2, 0.25) is 0 Å². The van der Waals surface area contributed by atoms with Gasteiger partial charge in [0, 0.05) is 76.9 Å². The molecule has 0 aliphatic rings. The summed E-state index contributed by atoms with van der Waals surface area (Å²) >= 11 is 0. The summed E-state index contributed by atoms with van der Waals surface area (Å²) in [6, 6.07) is 0. The van der Waals surface area contributed by atoms with Gasteiger partial charge in [0.05, 0.1) is 0 Å². The van der Waals surface area contributed by atoms with Crippen molar-refractivity contribution in [1.82, 2.24) is 0 Å². The second-order valence-corrected chi connectivity index (χ2v) is 0. The molecule has 0 aromatic heterocycles. The molecule has 0 N–H and O–H groups in total. The second kappa shape index (κ2) is 18.0. The monoisotopic (exact) mass is 297 g/mol. The number of rotatable bonds is 0. The van der Waals surface area contributed by atoms with Crippen LogP contribution in [-0.2, 0) is 53.0 Å². The van der Waals surface area contributed by atoms with Crippen LogP contribution in [0.1, 0.15) is 0 Å². The molecule has 0 saturated carbocycles. The maximum absolute atomic E-state index is 0. The van der Waals surface area contributed by atoms with E-state index >= 15 is 0 Å². The van der Waals surface area contributed by atoms with Gasteiger partial charge in [-0.15, -0.1) is 0 Å². The van der Waals surface area contributed by atoms with E-state index in [2.05, 4.69) is 0 Å². The third-order valence-electron chi connectivity index (χ3n) is 0. The molecular formula is MnNiSnZn. The molecule has 0 unspecified atom stereocenters. The molecule has 0 fully saturated rings. The van der Waals surface area contributed by atoms with Gasteiger partial charge in [0.2, 0.25) is 0 Å². The first-order chi connectivity index (χ1) is 0. The van der Waals surface area contributed by atoms with Crippen LogP contribution < -0.4 is 0 Å². The normalized spacial score (nSPS) is 0. The van der Waals surface area contributed by atoms with Gasteiger partial charge in [-0.2, -0.15) is 0 Å². The first-order valence-electron chi connectivity index (χ1n) is 0. The Morgan fingerprint density at radius 1 is 1.00 bits per heavy atom. The van der Waals surface area contributed by atoms with Crippen LogP contribution in [0.4, 0.5) is 0 Å². The number of hydrogen-bond donors (Lipinski definition) is 0. The van der Waals surface area contributed by atoms with Crippen molar-refractivity contribution in [1.29, 1.82) is 0 Å². The van der Waals surface area contributed by atoms with Crippen molar-refractivity contribution in [3.8, 4) is 0 Å². The molecule has 4 heavy (non-hydrogen) atoms. The van der Waals surface area contributed by atoms with Gasteiger partial charge >= 0.3 is 0 Å². The summed E-state index contributed by atoms with van der Waals surface area (Å²) in [6.07, 6.45) is 0. The minimum absolute atomic E-state index is 0. The van der Waals surface area contributed by atoms with Crippen LogP contribution in [-0.4, -0.2) is 23.9 Å². The van der Waals surface area contributed by atoms with Gasteiger partial charge in [0.1, 0.15) is 0 Å². The minimum Gasteiger partial charge on any atom is 0 e. The van der Waals surface area contributed by atoms with Crippen LogP contribution in [0, 0.1) is 0 Å². The fraction of sp³-hybridized carbons (Fsp3) is 0. The van der Waals surface area contributed by atoms with Crippen molar-refractivity contribution in [2.45, 2.75) is 0 Å². The summed E-state index contributed by atoms with van der Waals surface area (Å²) in [5.74, 6) is 0. The maximum atomic E-state index is 0. The van der Waals surface area contributed by atoms with Crippen LogP contribution in [0.15, 0.2) is 0 Å². The zero-order valence-corrected chi connectivity index (χ0v) is 9.89. The molecule has 0 spiro atoms. The Kier molecular flexibility index (Phi) is 144. The quantitative estimate of drug-likeness (QED) is 0.535. The average Bonchev–Trinajstić information content (AvgIpc) is 0. The van der Waals surface area contributed by atoms with Crippen LogP contribution in [0.5, 0.6) is 0 Å². The van der Waals surface area contributed by atoms with E-state index in [4.69, 9.17) is 0 Å². The van der Waals surface area contributed by atoms with Crippen molar-refractivity contribution in [3.05, 3.63) is 0 Å². The fourth-order valence-electron chi connectivity index (χ4n) is 0. The predicted molar refractivity (Wildman–Crippen MR) is 5.75 cm³/mol. The zero-order chi connectivity index (χ0) is 0. The van der Waals surface area contributed by atoms with Crippen LogP contribution >= 0.6 is 0 Å². The summed E-state index contributed by atoms with van der Waals surface area (Å²) < 4.78 is 0. The molecule has 0 aromatic rings. The Balaban J connectivity index is 0. The number of hydrogen-bond acceptors (Lipinski definition) is 0. The molecule has 23 valence electrons. The first kappa shape index (κ1) is 32.1. The molecule has 0 aromatic carbocycles. The van der Waals surface area contributed by atoms with E-state index < -0.39 is 0 Å². The van der Waals surface area contributed by atoms with E-state index in [9.17, 15) is 0 Å². The van der Waals surface area contributed by atoms with Crippen molar-refractivity contribution in [2.24, 2.45) is 0 Å². The van der Waals surface area contributed by atoms with Crippen molar-refractivity contribution in [3.63, 3.8) is 0 Å². The molecule has 0 bridgehead atoms. The molecule has 0 atom stereocenters. The minimum atomic E-state index is 0. The van der Waals surface area contributed by atoms with Gasteiger partial charge in [-0.1, -0.05) is 0 Å². The predicted octanol–water partition coefficient (Wildman–Crippen LogP) is -0.388. The SMILES string of the molecule is [Mn].[Ni].[Sn].[Zn]. The third kappa shape index (κ3) is 8.83. The first-order valence-corrected chi connectivity index (χ1v) is 0. The Bertz CT molecular complexity index is 8.00. The second-order valence-electron chi connectivity index (χ2n) is 0. The van der Waals surface area contributed by atoms with Gasteiger partial charge < -0.3 is 0 Å². The maximum Gasteiger partial charge on any atom is 0 e. The van der Waals surface area contributed by atoms with Gasteiger partial charge in [-0.25, -0.2) is 0 Å². The summed E-state index contributed by atoms with van der Waals surface area (Å²) in [6.45, 7) is 0. The molecular weight excluding hydrogens is 298 g/mol. The zero-order valence-electron chi connectivity index (χ0n) is 1.90. The third-order valence-corrected chi connectivity index (χ3v) is 0. The smallest absolute Gasteiger partial charge is 0 e. The van der Waals surface area contributed by atoms with E-state index in [0.29, 0.717) is 0 Å². The van der Waals surface area contributed by atoms with Gasteiger partial charge in [0.15, 0.2) is 0 Å². The molecule has 0 aliphatic carbocycles. The molecule has 0 saturated heterocycles. The van der Waals surface area contributed by atoms with Gasteiger partial charge in [-0.05, 0) is 0 Å². The molecule has 0 rings (SSSR count). The van der Waals surface area contributed by atoms with E-state index in [0.717, 1.165) is 0 Å². The summed E-state index contributed by atoms with van der Waals surface area (Å²) in [4.78, 5) is 0. The Morgan fingerprint density at radius 2 is 1.00 bits per heavy atom. The van der Waals surface area contributed by atoms with E-state index in [1.165, 1.54) is 0 Å². The summed E-state index contributed by atoms with van der Waals surface area (Å²) in [5.41, 5.74) is 0. The molecule has 0 aliphatic heterocycles. The summed E-state index contributed by atoms with van der Waals surface area (Å²) in [7, 11) is 0. The Hall–Kier alpha value is 2.44. The van der Waals surface area contributed by atoms with Gasteiger partial charge in [0.25, 0.3) is 0 Å². The molecule has 0 nitrogen and oxygen atoms in total. The fourth-order valence-corrected chi connectivity index (χ4v) is 0. The van der Waals surface area contributed by atoms with Crippen molar-refractivity contribution < 1.29 is 53.0 Å². The van der Waals surface area contributed by atoms with E-state index in [1.807, 2.05) is 0 Å². The molecule has 0 heterocycles. The molecule has 4 heteroatoms. The molecule has 0 amide bonds. The van der Waals surface area contributed by atoms with Crippen molar-refractivity contribution >= 4 is 23.9 Å². The topological polar surface area (TPSA) is 0 Å². The largest absolute Gasteiger partial charge is 0 e. The van der Waals surface area contributed by atoms with Crippen LogP contribution in [0.25, 0.3) is 0 Å². The van der Waals surface area contributed by atoms with E-state index in [1.54, 1.807) is 0 Å².